The van der Waals surface area contributed by atoms with Crippen LogP contribution >= 0.6 is 23.6 Å². The van der Waals surface area contributed by atoms with Crippen LogP contribution in [0.2, 0.25) is 0 Å². The van der Waals surface area contributed by atoms with E-state index in [1.165, 1.54) is 0 Å². The van der Waals surface area contributed by atoms with E-state index in [-0.39, 0.29) is 6.10 Å². The Morgan fingerprint density at radius 1 is 1.32 bits per heavy atom. The molecule has 0 radical (unpaired) electrons. The van der Waals surface area contributed by atoms with Crippen LogP contribution in [-0.4, -0.2) is 40.4 Å². The summed E-state index contributed by atoms with van der Waals surface area (Å²) in [5, 5.41) is 14.7. The Kier molecular flexibility index (Phi) is 6.11. The molecule has 1 atom stereocenters. The van der Waals surface area contributed by atoms with Crippen molar-refractivity contribution in [2.24, 2.45) is 5.10 Å². The van der Waals surface area contributed by atoms with Crippen LogP contribution in [0.25, 0.3) is 16.3 Å². The van der Waals surface area contributed by atoms with Crippen molar-refractivity contribution < 1.29 is 4.74 Å². The summed E-state index contributed by atoms with van der Waals surface area (Å²) < 4.78 is 7.45. The second-order valence-corrected chi connectivity index (χ2v) is 7.76. The zero-order chi connectivity index (χ0) is 19.2. The number of hydrogen-bond acceptors (Lipinski definition) is 5. The van der Waals surface area contributed by atoms with Gasteiger partial charge < -0.3 is 10.1 Å². The molecule has 3 heterocycles. The number of nitrogens with zero attached hydrogens (tertiary/aromatic N) is 3. The van der Waals surface area contributed by atoms with Crippen LogP contribution in [0.1, 0.15) is 18.4 Å². The van der Waals surface area contributed by atoms with Gasteiger partial charge in [0.1, 0.15) is 5.69 Å². The highest BCUT2D eigenvalue weighted by Crippen LogP contribution is 2.26. The van der Waals surface area contributed by atoms with Crippen LogP contribution in [0.4, 0.5) is 0 Å². The smallest absolute Gasteiger partial charge is 0.187 e. The maximum Gasteiger partial charge on any atom is 0.187 e. The molecule has 0 bridgehead atoms. The van der Waals surface area contributed by atoms with Crippen molar-refractivity contribution in [2.45, 2.75) is 18.9 Å². The van der Waals surface area contributed by atoms with Gasteiger partial charge in [-0.3, -0.25) is 5.43 Å². The third-order valence-electron chi connectivity index (χ3n) is 4.40. The van der Waals surface area contributed by atoms with Crippen LogP contribution < -0.4 is 10.7 Å². The Labute approximate surface area is 173 Å². The molecule has 2 N–H and O–H groups in total. The number of thiophene rings is 1. The Balaban J connectivity index is 1.46. The predicted molar refractivity (Wildman–Crippen MR) is 117 cm³/mol. The standard InChI is InChI=1S/C20H21N5OS2/c27-20(21-13-17-8-4-10-26-17)23-22-12-15-14-25(16-6-2-1-3-7-16)24-19(15)18-9-5-11-28-18/h1-3,5-7,9,11-12,14,17H,4,8,10,13H2,(H2,21,23,27)/b22-12-/t17-/m0/s1. The van der Waals surface area contributed by atoms with E-state index in [0.717, 1.165) is 41.3 Å². The molecule has 1 saturated heterocycles. The zero-order valence-electron chi connectivity index (χ0n) is 15.2. The van der Waals surface area contributed by atoms with E-state index in [1.807, 2.05) is 52.7 Å². The Bertz CT molecular complexity index is 931. The lowest BCUT2D eigenvalue weighted by Crippen LogP contribution is -2.37. The van der Waals surface area contributed by atoms with E-state index in [9.17, 15) is 0 Å². The minimum Gasteiger partial charge on any atom is -0.376 e. The maximum absolute atomic E-state index is 5.58. The van der Waals surface area contributed by atoms with Gasteiger partial charge in [0.2, 0.25) is 0 Å². The average molecular weight is 412 g/mol. The molecule has 0 aliphatic carbocycles. The number of para-hydroxylation sites is 1. The van der Waals surface area contributed by atoms with Crippen molar-refractivity contribution in [3.05, 3.63) is 59.6 Å². The van der Waals surface area contributed by atoms with Crippen molar-refractivity contribution in [2.75, 3.05) is 13.2 Å². The molecule has 144 valence electrons. The summed E-state index contributed by atoms with van der Waals surface area (Å²) in [6.07, 6.45) is 6.14. The summed E-state index contributed by atoms with van der Waals surface area (Å²) >= 11 is 6.94. The van der Waals surface area contributed by atoms with Gasteiger partial charge in [-0.2, -0.15) is 10.2 Å². The van der Waals surface area contributed by atoms with Gasteiger partial charge in [-0.25, -0.2) is 4.68 Å². The monoisotopic (exact) mass is 411 g/mol. The first-order valence-corrected chi connectivity index (χ1v) is 10.5. The number of ether oxygens (including phenoxy) is 1. The van der Waals surface area contributed by atoms with Crippen molar-refractivity contribution >= 4 is 34.9 Å². The second kappa shape index (κ2) is 9.09. The van der Waals surface area contributed by atoms with Crippen LogP contribution in [0.3, 0.4) is 0 Å². The van der Waals surface area contributed by atoms with Gasteiger partial charge in [-0.1, -0.05) is 24.3 Å². The summed E-state index contributed by atoms with van der Waals surface area (Å²) in [4.78, 5) is 1.09. The molecule has 0 spiro atoms. The van der Waals surface area contributed by atoms with Crippen LogP contribution in [0.15, 0.2) is 59.1 Å². The summed E-state index contributed by atoms with van der Waals surface area (Å²) in [6.45, 7) is 1.54. The van der Waals surface area contributed by atoms with E-state index in [4.69, 9.17) is 22.1 Å². The average Bonchev–Trinajstić information content (AvgIpc) is 3.48. The second-order valence-electron chi connectivity index (χ2n) is 6.41. The molecule has 1 fully saturated rings. The molecule has 0 saturated carbocycles. The van der Waals surface area contributed by atoms with Crippen LogP contribution in [0.5, 0.6) is 0 Å². The molecule has 0 unspecified atom stereocenters. The van der Waals surface area contributed by atoms with E-state index in [2.05, 4.69) is 21.9 Å². The summed E-state index contributed by atoms with van der Waals surface area (Å²) in [6, 6.07) is 14.1. The number of benzene rings is 1. The fourth-order valence-electron chi connectivity index (χ4n) is 3.01. The predicted octanol–water partition coefficient (Wildman–Crippen LogP) is 3.58. The zero-order valence-corrected chi connectivity index (χ0v) is 16.9. The molecular weight excluding hydrogens is 390 g/mol. The fourth-order valence-corrected chi connectivity index (χ4v) is 3.88. The normalized spacial score (nSPS) is 16.5. The van der Waals surface area contributed by atoms with Gasteiger partial charge in [-0.15, -0.1) is 11.3 Å². The van der Waals surface area contributed by atoms with Crippen molar-refractivity contribution in [1.82, 2.24) is 20.5 Å². The molecule has 8 heteroatoms. The van der Waals surface area contributed by atoms with Gasteiger partial charge in [0.15, 0.2) is 5.11 Å². The number of hydrazone groups is 1. The maximum atomic E-state index is 5.58. The topological polar surface area (TPSA) is 63.5 Å². The van der Waals surface area contributed by atoms with Crippen LogP contribution in [-0.2, 0) is 4.74 Å². The first-order valence-electron chi connectivity index (χ1n) is 9.17. The lowest BCUT2D eigenvalue weighted by molar-refractivity contribution is 0.114. The lowest BCUT2D eigenvalue weighted by atomic mass is 10.2. The molecule has 0 amide bonds. The first kappa shape index (κ1) is 18.8. The molecule has 1 aliphatic heterocycles. The van der Waals surface area contributed by atoms with Gasteiger partial charge in [0.25, 0.3) is 0 Å². The molecular formula is C20H21N5OS2. The van der Waals surface area contributed by atoms with Gasteiger partial charge in [0, 0.05) is 24.9 Å². The van der Waals surface area contributed by atoms with Crippen molar-refractivity contribution in [3.8, 4) is 16.3 Å². The molecule has 2 aromatic heterocycles. The quantitative estimate of drug-likeness (QED) is 0.369. The number of aromatic nitrogens is 2. The Hall–Kier alpha value is -2.55. The summed E-state index contributed by atoms with van der Waals surface area (Å²) in [7, 11) is 0. The third-order valence-corrected chi connectivity index (χ3v) is 5.51. The summed E-state index contributed by atoms with van der Waals surface area (Å²) in [5.41, 5.74) is 5.69. The van der Waals surface area contributed by atoms with Crippen molar-refractivity contribution in [1.29, 1.82) is 0 Å². The highest BCUT2D eigenvalue weighted by molar-refractivity contribution is 7.80. The van der Waals surface area contributed by atoms with Gasteiger partial charge in [-0.05, 0) is 48.6 Å². The number of rotatable bonds is 6. The SMILES string of the molecule is S=C(NC[C@@H]1CCCO1)N/N=C\c1cn(-c2ccccc2)nc1-c1cccs1. The summed E-state index contributed by atoms with van der Waals surface area (Å²) in [5.74, 6) is 0. The first-order chi connectivity index (χ1) is 13.8. The lowest BCUT2D eigenvalue weighted by Gasteiger charge is -2.11. The van der Waals surface area contributed by atoms with E-state index in [0.29, 0.717) is 11.7 Å². The molecule has 1 aliphatic rings. The molecule has 1 aromatic carbocycles. The third kappa shape index (κ3) is 4.64. The molecule has 3 aromatic rings. The Morgan fingerprint density at radius 2 is 2.21 bits per heavy atom. The van der Waals surface area contributed by atoms with Gasteiger partial charge in [0.05, 0.1) is 22.9 Å². The van der Waals surface area contributed by atoms with Crippen molar-refractivity contribution in [3.63, 3.8) is 0 Å². The minimum absolute atomic E-state index is 0.235. The van der Waals surface area contributed by atoms with E-state index < -0.39 is 0 Å². The number of nitrogens with one attached hydrogen (secondary N) is 2. The number of thiocarbonyl (C=S) groups is 1. The Morgan fingerprint density at radius 3 is 2.96 bits per heavy atom. The highest BCUT2D eigenvalue weighted by Gasteiger charge is 2.15. The van der Waals surface area contributed by atoms with E-state index >= 15 is 0 Å². The fraction of sp³-hybridized carbons (Fsp3) is 0.250. The number of hydrogen-bond donors (Lipinski definition) is 2. The molecule has 4 rings (SSSR count). The molecule has 6 nitrogen and oxygen atoms in total. The minimum atomic E-state index is 0.235. The van der Waals surface area contributed by atoms with Crippen LogP contribution in [0, 0.1) is 0 Å². The molecule has 28 heavy (non-hydrogen) atoms. The van der Waals surface area contributed by atoms with E-state index in [1.54, 1.807) is 17.6 Å². The largest absolute Gasteiger partial charge is 0.376 e. The van der Waals surface area contributed by atoms with Gasteiger partial charge >= 0.3 is 0 Å². The highest BCUT2D eigenvalue weighted by atomic mass is 32.1.